The number of nitrogens with two attached hydrogens (primary N) is 1. The summed E-state index contributed by atoms with van der Waals surface area (Å²) in [6, 6.07) is -0.750. The number of aliphatic carboxylic acids is 1. The minimum atomic E-state index is -2.19. The van der Waals surface area contributed by atoms with Gasteiger partial charge in [0.2, 0.25) is 0 Å². The van der Waals surface area contributed by atoms with Gasteiger partial charge in [-0.2, -0.15) is 0 Å². The Labute approximate surface area is 234 Å². The average molecular weight is 606 g/mol. The van der Waals surface area contributed by atoms with Crippen molar-refractivity contribution in [1.82, 2.24) is 19.8 Å². The zero-order chi connectivity index (χ0) is 31.7. The predicted molar refractivity (Wildman–Crippen MR) is 132 cm³/mol. The molecule has 10 atom stereocenters. The highest BCUT2D eigenvalue weighted by molar-refractivity contribution is 5.93. The molecule has 2 amide bonds. The van der Waals surface area contributed by atoms with Crippen LogP contribution in [0.5, 0.6) is 0 Å². The minimum Gasteiger partial charge on any atom is -0.479 e. The van der Waals surface area contributed by atoms with Gasteiger partial charge in [-0.3, -0.25) is 29.8 Å². The van der Waals surface area contributed by atoms with Crippen LogP contribution in [0.15, 0.2) is 28.1 Å². The first-order valence-corrected chi connectivity index (χ1v) is 12.2. The fourth-order valence-electron chi connectivity index (χ4n) is 4.19. The number of nitrogens with zero attached hydrogens (tertiary/aromatic N) is 2. The maximum Gasteiger partial charge on any atom is 0.337 e. The molecule has 3 aliphatic heterocycles. The van der Waals surface area contributed by atoms with Crippen molar-refractivity contribution in [3.63, 3.8) is 0 Å². The zero-order valence-electron chi connectivity index (χ0n) is 21.7. The number of rotatable bonds is 7. The van der Waals surface area contributed by atoms with Crippen LogP contribution in [0.4, 0.5) is 4.79 Å². The van der Waals surface area contributed by atoms with E-state index < -0.39 is 109 Å². The molecular formula is C22H31N5O15. The summed E-state index contributed by atoms with van der Waals surface area (Å²) >= 11 is 0. The van der Waals surface area contributed by atoms with Crippen LogP contribution in [0.1, 0.15) is 24.8 Å². The molecule has 0 spiro atoms. The molecule has 0 radical (unpaired) electrons. The maximum absolute atomic E-state index is 11.9. The van der Waals surface area contributed by atoms with Gasteiger partial charge >= 0.3 is 17.7 Å². The fourth-order valence-corrected chi connectivity index (χ4v) is 4.19. The van der Waals surface area contributed by atoms with Crippen LogP contribution in [0.2, 0.25) is 0 Å². The molecule has 4 heterocycles. The number of amides is 2. The number of aliphatic hydroxyl groups excluding tert-OH is 7. The average Bonchev–Trinajstić information content (AvgIpc) is 3.38. The highest BCUT2D eigenvalue weighted by atomic mass is 16.6. The Kier molecular flexibility index (Phi) is 10.00. The lowest BCUT2D eigenvalue weighted by atomic mass is 10.1. The van der Waals surface area contributed by atoms with Gasteiger partial charge in [0.05, 0.1) is 18.8 Å². The first-order chi connectivity index (χ1) is 19.6. The second kappa shape index (κ2) is 12.7. The Bertz CT molecular complexity index is 1330. The number of carbonyl (C=O) groups excluding carboxylic acids is 2. The number of nitrogens with one attached hydrogen (secondary N) is 2. The van der Waals surface area contributed by atoms with Crippen LogP contribution in [0.3, 0.4) is 0 Å². The number of Topliss-reactive ketones (excluding diaryl/α,β-unsaturated/α-hetero) is 1. The Hall–Kier alpha value is -3.57. The third kappa shape index (κ3) is 6.27. The molecule has 2 fully saturated rings. The quantitative estimate of drug-likeness (QED) is 0.138. The molecule has 0 aromatic carbocycles. The highest BCUT2D eigenvalue weighted by Crippen LogP contribution is 2.28. The second-order valence-electron chi connectivity index (χ2n) is 9.53. The van der Waals surface area contributed by atoms with Crippen molar-refractivity contribution in [2.75, 3.05) is 13.2 Å². The molecule has 0 aliphatic carbocycles. The van der Waals surface area contributed by atoms with Crippen LogP contribution in [0.25, 0.3) is 0 Å². The van der Waals surface area contributed by atoms with Crippen molar-refractivity contribution < 1.29 is 64.7 Å². The predicted octanol–water partition coefficient (Wildman–Crippen LogP) is -6.53. The minimum absolute atomic E-state index is 0.456. The van der Waals surface area contributed by atoms with Crippen LogP contribution in [-0.4, -0.2) is 135 Å². The van der Waals surface area contributed by atoms with Gasteiger partial charge in [-0.15, -0.1) is 0 Å². The summed E-state index contributed by atoms with van der Waals surface area (Å²) in [5.74, 6) is -2.17. The van der Waals surface area contributed by atoms with E-state index in [4.69, 9.17) is 30.5 Å². The normalized spacial score (nSPS) is 34.9. The number of carboxylic acid groups (broad SMARTS) is 1. The molecule has 3 aliphatic rings. The zero-order valence-corrected chi connectivity index (χ0v) is 21.7. The first kappa shape index (κ1) is 32.9. The van der Waals surface area contributed by atoms with Gasteiger partial charge in [0.25, 0.3) is 5.56 Å². The van der Waals surface area contributed by atoms with Crippen molar-refractivity contribution in [1.29, 1.82) is 0 Å². The summed E-state index contributed by atoms with van der Waals surface area (Å²) in [6.07, 6.45) is -9.57. The largest absolute Gasteiger partial charge is 0.479 e. The number of aromatic amines is 1. The molecule has 1 aromatic rings. The summed E-state index contributed by atoms with van der Waals surface area (Å²) in [4.78, 5) is 60.1. The topological polar surface area (TPSA) is 328 Å². The third-order valence-electron chi connectivity index (χ3n) is 6.74. The van der Waals surface area contributed by atoms with Crippen LogP contribution >= 0.6 is 0 Å². The Morgan fingerprint density at radius 1 is 1.00 bits per heavy atom. The monoisotopic (exact) mass is 605 g/mol. The molecule has 234 valence electrons. The van der Waals surface area contributed by atoms with E-state index in [2.05, 4.69) is 5.32 Å². The standard InChI is InChI=1S/C11H17N3O6.C11H14N2O9/c1-5(16)11(12)2-3-14(10(19)13-11)9-8(18)7(17)6(4-15)20-9;14-2-4-6(16)7(17)9(22-4)13-1-3(5(15)10(19)20)8(18)12-11(13)21/h2-3,6-9,15,17-18H,4,12H2,1H3,(H,13,19);1,4-7,9,14-17H,2H2,(H,19,20)(H,12,18,21)/t6-,7-,8-,9-,11?;4-,5?,6-,7-,9-/m11/s1. The van der Waals surface area contributed by atoms with Gasteiger partial charge in [0, 0.05) is 12.4 Å². The lowest BCUT2D eigenvalue weighted by molar-refractivity contribution is -0.147. The number of H-pyrrole nitrogens is 1. The van der Waals surface area contributed by atoms with Gasteiger partial charge in [-0.25, -0.2) is 14.4 Å². The van der Waals surface area contributed by atoms with Crippen molar-refractivity contribution in [3.8, 4) is 0 Å². The number of aliphatic hydroxyl groups is 7. The smallest absolute Gasteiger partial charge is 0.337 e. The maximum atomic E-state index is 11.9. The van der Waals surface area contributed by atoms with Crippen LogP contribution in [-0.2, 0) is 19.1 Å². The molecule has 12 N–H and O–H groups in total. The van der Waals surface area contributed by atoms with E-state index in [1.807, 2.05) is 0 Å². The number of carboxylic acids is 1. The van der Waals surface area contributed by atoms with E-state index >= 15 is 0 Å². The third-order valence-corrected chi connectivity index (χ3v) is 6.74. The fraction of sp³-hybridized carbons (Fsp3) is 0.591. The van der Waals surface area contributed by atoms with E-state index in [0.29, 0.717) is 4.57 Å². The summed E-state index contributed by atoms with van der Waals surface area (Å²) in [6.45, 7) is 0.104. The number of carbonyl (C=O) groups is 3. The van der Waals surface area contributed by atoms with E-state index in [1.165, 1.54) is 19.2 Å². The van der Waals surface area contributed by atoms with Crippen molar-refractivity contribution >= 4 is 17.8 Å². The molecule has 2 saturated heterocycles. The summed E-state index contributed by atoms with van der Waals surface area (Å²) in [5.41, 5.74) is 1.28. The van der Waals surface area contributed by atoms with Gasteiger partial charge in [-0.1, -0.05) is 0 Å². The number of hydrogen-bond acceptors (Lipinski definition) is 15. The van der Waals surface area contributed by atoms with Gasteiger partial charge in [-0.05, 0) is 13.0 Å². The van der Waals surface area contributed by atoms with E-state index in [0.717, 1.165) is 11.1 Å². The summed E-state index contributed by atoms with van der Waals surface area (Å²) in [7, 11) is 0. The van der Waals surface area contributed by atoms with Gasteiger partial charge < -0.3 is 55.6 Å². The molecule has 20 nitrogen and oxygen atoms in total. The lowest BCUT2D eigenvalue weighted by Gasteiger charge is -2.36. The van der Waals surface area contributed by atoms with Crippen molar-refractivity contribution in [3.05, 3.63) is 44.9 Å². The molecule has 2 unspecified atom stereocenters. The molecule has 20 heteroatoms. The summed E-state index contributed by atoms with van der Waals surface area (Å²) < 4.78 is 10.9. The molecular weight excluding hydrogens is 574 g/mol. The number of ketones is 1. The van der Waals surface area contributed by atoms with Crippen LogP contribution in [0, 0.1) is 0 Å². The van der Waals surface area contributed by atoms with Gasteiger partial charge in [0.15, 0.2) is 30.0 Å². The van der Waals surface area contributed by atoms with E-state index in [1.54, 1.807) is 4.98 Å². The highest BCUT2D eigenvalue weighted by Gasteiger charge is 2.48. The number of urea groups is 1. The number of aromatic nitrogens is 2. The number of hydrogen-bond donors (Lipinski definition) is 11. The first-order valence-electron chi connectivity index (χ1n) is 12.2. The molecule has 4 rings (SSSR count). The van der Waals surface area contributed by atoms with Gasteiger partial charge in [0.1, 0.15) is 36.6 Å². The molecule has 42 heavy (non-hydrogen) atoms. The SMILES string of the molecule is CC(=O)C1(N)C=CN([C@@H]2O[C@H](CO)[C@@H](O)[C@H]2O)C(=O)N1.O=C(O)C(O)c1cn([C@@H]2O[C@H](CO)[C@@H](O)[C@H]2O)c(=O)[nH]c1=O. The lowest BCUT2D eigenvalue weighted by Crippen LogP contribution is -2.65. The summed E-state index contributed by atoms with van der Waals surface area (Å²) in [5, 5.41) is 77.3. The molecule has 0 bridgehead atoms. The Balaban J connectivity index is 0.000000231. The van der Waals surface area contributed by atoms with Crippen molar-refractivity contribution in [2.24, 2.45) is 5.73 Å². The Morgan fingerprint density at radius 2 is 1.52 bits per heavy atom. The molecule has 1 aromatic heterocycles. The van der Waals surface area contributed by atoms with Crippen LogP contribution < -0.4 is 22.3 Å². The Morgan fingerprint density at radius 3 is 1.98 bits per heavy atom. The van der Waals surface area contributed by atoms with Crippen molar-refractivity contribution in [2.45, 2.75) is 67.8 Å². The number of ether oxygens (including phenoxy) is 2. The molecule has 0 saturated carbocycles. The van der Waals surface area contributed by atoms with E-state index in [9.17, 15) is 49.5 Å². The second-order valence-corrected chi connectivity index (χ2v) is 9.53. The van der Waals surface area contributed by atoms with E-state index in [-0.39, 0.29) is 0 Å².